The summed E-state index contributed by atoms with van der Waals surface area (Å²) in [5, 5.41) is 0. The molecule has 0 spiro atoms. The van der Waals surface area contributed by atoms with Gasteiger partial charge < -0.3 is 9.64 Å². The molecule has 23 heavy (non-hydrogen) atoms. The van der Waals surface area contributed by atoms with Gasteiger partial charge in [0.05, 0.1) is 6.26 Å². The zero-order chi connectivity index (χ0) is 17.0. The standard InChI is InChI=1S/C16H24N2O4S/c1-13-6-4-7-15(12-13)22-14(2)16(19)17-8-5-9-18(11-10-17)23(3,20)21/h4,6-7,12,14H,5,8-11H2,1-3H3. The third-order valence-electron chi connectivity index (χ3n) is 3.89. The Morgan fingerprint density at radius 2 is 1.96 bits per heavy atom. The average Bonchev–Trinajstić information content (AvgIpc) is 2.72. The number of sulfonamides is 1. The molecule has 1 atom stereocenters. The number of ether oxygens (including phenoxy) is 1. The summed E-state index contributed by atoms with van der Waals surface area (Å²) in [5.74, 6) is 0.556. The molecule has 0 radical (unpaired) electrons. The van der Waals surface area contributed by atoms with Crippen molar-refractivity contribution in [1.29, 1.82) is 0 Å². The molecule has 7 heteroatoms. The lowest BCUT2D eigenvalue weighted by Gasteiger charge is -2.24. The number of hydrogen-bond donors (Lipinski definition) is 0. The number of benzene rings is 1. The predicted molar refractivity (Wildman–Crippen MR) is 88.9 cm³/mol. The van der Waals surface area contributed by atoms with Crippen LogP contribution in [0.15, 0.2) is 24.3 Å². The number of amides is 1. The summed E-state index contributed by atoms with van der Waals surface area (Å²) in [6, 6.07) is 7.56. The third-order valence-corrected chi connectivity index (χ3v) is 5.19. The molecule has 1 fully saturated rings. The van der Waals surface area contributed by atoms with E-state index in [0.29, 0.717) is 38.3 Å². The van der Waals surface area contributed by atoms with Crippen LogP contribution in [-0.2, 0) is 14.8 Å². The molecule has 0 saturated carbocycles. The van der Waals surface area contributed by atoms with Crippen LogP contribution in [0.2, 0.25) is 0 Å². The van der Waals surface area contributed by atoms with Crippen molar-refractivity contribution in [3.8, 4) is 5.75 Å². The molecule has 0 bridgehead atoms. The van der Waals surface area contributed by atoms with E-state index < -0.39 is 16.1 Å². The largest absolute Gasteiger partial charge is 0.481 e. The van der Waals surface area contributed by atoms with E-state index >= 15 is 0 Å². The average molecular weight is 340 g/mol. The fourth-order valence-corrected chi connectivity index (χ4v) is 3.52. The number of carbonyl (C=O) groups is 1. The van der Waals surface area contributed by atoms with Crippen molar-refractivity contribution in [2.75, 3.05) is 32.4 Å². The second-order valence-corrected chi connectivity index (χ2v) is 7.90. The van der Waals surface area contributed by atoms with Crippen molar-refractivity contribution in [1.82, 2.24) is 9.21 Å². The number of aryl methyl sites for hydroxylation is 1. The van der Waals surface area contributed by atoms with Gasteiger partial charge in [-0.05, 0) is 38.0 Å². The second-order valence-electron chi connectivity index (χ2n) is 5.92. The van der Waals surface area contributed by atoms with Gasteiger partial charge in [-0.25, -0.2) is 12.7 Å². The zero-order valence-corrected chi connectivity index (χ0v) is 14.7. The monoisotopic (exact) mass is 340 g/mol. The lowest BCUT2D eigenvalue weighted by atomic mass is 10.2. The molecule has 1 saturated heterocycles. The van der Waals surface area contributed by atoms with Crippen molar-refractivity contribution in [3.63, 3.8) is 0 Å². The van der Waals surface area contributed by atoms with E-state index in [2.05, 4.69) is 0 Å². The first-order valence-corrected chi connectivity index (χ1v) is 9.59. The van der Waals surface area contributed by atoms with E-state index in [1.54, 1.807) is 11.8 Å². The van der Waals surface area contributed by atoms with Crippen LogP contribution >= 0.6 is 0 Å². The number of carbonyl (C=O) groups excluding carboxylic acids is 1. The SMILES string of the molecule is Cc1cccc(OC(C)C(=O)N2CCCN(S(C)(=O)=O)CC2)c1. The lowest BCUT2D eigenvalue weighted by molar-refractivity contribution is -0.137. The Morgan fingerprint density at radius 3 is 2.61 bits per heavy atom. The number of nitrogens with zero attached hydrogens (tertiary/aromatic N) is 2. The van der Waals surface area contributed by atoms with Gasteiger partial charge in [-0.1, -0.05) is 12.1 Å². The van der Waals surface area contributed by atoms with Crippen molar-refractivity contribution in [3.05, 3.63) is 29.8 Å². The second kappa shape index (κ2) is 7.31. The van der Waals surface area contributed by atoms with Crippen LogP contribution in [0.3, 0.4) is 0 Å². The van der Waals surface area contributed by atoms with E-state index in [1.807, 2.05) is 31.2 Å². The third kappa shape index (κ3) is 4.94. The predicted octanol–water partition coefficient (Wildman–Crippen LogP) is 1.26. The van der Waals surface area contributed by atoms with Crippen LogP contribution in [-0.4, -0.2) is 62.1 Å². The maximum Gasteiger partial charge on any atom is 0.263 e. The molecule has 0 aromatic heterocycles. The van der Waals surface area contributed by atoms with Gasteiger partial charge in [0.15, 0.2) is 6.10 Å². The molecule has 1 heterocycles. The smallest absolute Gasteiger partial charge is 0.263 e. The molecule has 1 amide bonds. The van der Waals surface area contributed by atoms with Crippen molar-refractivity contribution < 1.29 is 17.9 Å². The highest BCUT2D eigenvalue weighted by Crippen LogP contribution is 2.16. The highest BCUT2D eigenvalue weighted by molar-refractivity contribution is 7.88. The summed E-state index contributed by atoms with van der Waals surface area (Å²) in [6.45, 7) is 5.43. The first-order valence-electron chi connectivity index (χ1n) is 7.74. The Bertz CT molecular complexity index is 660. The summed E-state index contributed by atoms with van der Waals surface area (Å²) < 4.78 is 30.4. The van der Waals surface area contributed by atoms with Crippen LogP contribution in [0.1, 0.15) is 18.9 Å². The number of hydrogen-bond acceptors (Lipinski definition) is 4. The molecule has 6 nitrogen and oxygen atoms in total. The van der Waals surface area contributed by atoms with E-state index in [0.717, 1.165) is 5.56 Å². The minimum Gasteiger partial charge on any atom is -0.481 e. The normalized spacial score (nSPS) is 18.3. The summed E-state index contributed by atoms with van der Waals surface area (Å²) >= 11 is 0. The highest BCUT2D eigenvalue weighted by Gasteiger charge is 2.27. The summed E-state index contributed by atoms with van der Waals surface area (Å²) in [6.07, 6.45) is 1.24. The molecule has 0 N–H and O–H groups in total. The van der Waals surface area contributed by atoms with Gasteiger partial charge in [-0.3, -0.25) is 4.79 Å². The summed E-state index contributed by atoms with van der Waals surface area (Å²) in [4.78, 5) is 14.2. The zero-order valence-electron chi connectivity index (χ0n) is 13.9. The fraction of sp³-hybridized carbons (Fsp3) is 0.562. The van der Waals surface area contributed by atoms with Crippen LogP contribution in [0, 0.1) is 6.92 Å². The summed E-state index contributed by atoms with van der Waals surface area (Å²) in [5.41, 5.74) is 1.07. The first kappa shape index (κ1) is 17.7. The van der Waals surface area contributed by atoms with Crippen molar-refractivity contribution >= 4 is 15.9 Å². The Hall–Kier alpha value is -1.60. The lowest BCUT2D eigenvalue weighted by Crippen LogP contribution is -2.42. The quantitative estimate of drug-likeness (QED) is 0.827. The Kier molecular flexibility index (Phi) is 5.64. The van der Waals surface area contributed by atoms with Crippen LogP contribution in [0.5, 0.6) is 5.75 Å². The Labute approximate surface area is 138 Å². The molecular weight excluding hydrogens is 316 g/mol. The molecule has 1 aliphatic rings. The number of rotatable bonds is 4. The van der Waals surface area contributed by atoms with Gasteiger partial charge in [0, 0.05) is 26.2 Å². The fourth-order valence-electron chi connectivity index (χ4n) is 2.65. The van der Waals surface area contributed by atoms with Crippen LogP contribution in [0.25, 0.3) is 0 Å². The van der Waals surface area contributed by atoms with E-state index in [4.69, 9.17) is 4.74 Å². The van der Waals surface area contributed by atoms with E-state index in [9.17, 15) is 13.2 Å². The maximum absolute atomic E-state index is 12.5. The summed E-state index contributed by atoms with van der Waals surface area (Å²) in [7, 11) is -3.21. The van der Waals surface area contributed by atoms with Crippen LogP contribution < -0.4 is 4.74 Å². The molecule has 1 aromatic rings. The van der Waals surface area contributed by atoms with Gasteiger partial charge >= 0.3 is 0 Å². The topological polar surface area (TPSA) is 66.9 Å². The van der Waals surface area contributed by atoms with Gasteiger partial charge in [0.2, 0.25) is 10.0 Å². The molecule has 1 aromatic carbocycles. The van der Waals surface area contributed by atoms with Gasteiger partial charge in [0.25, 0.3) is 5.91 Å². The minimum absolute atomic E-state index is 0.109. The molecule has 0 aliphatic carbocycles. The van der Waals surface area contributed by atoms with Gasteiger partial charge in [-0.2, -0.15) is 0 Å². The van der Waals surface area contributed by atoms with E-state index in [-0.39, 0.29) is 5.91 Å². The van der Waals surface area contributed by atoms with Crippen molar-refractivity contribution in [2.45, 2.75) is 26.4 Å². The molecular formula is C16H24N2O4S. The van der Waals surface area contributed by atoms with E-state index in [1.165, 1.54) is 10.6 Å². The molecule has 1 unspecified atom stereocenters. The highest BCUT2D eigenvalue weighted by atomic mass is 32.2. The maximum atomic E-state index is 12.5. The minimum atomic E-state index is -3.21. The molecule has 2 rings (SSSR count). The molecule has 128 valence electrons. The first-order chi connectivity index (χ1) is 10.8. The molecule has 1 aliphatic heterocycles. The Balaban J connectivity index is 1.97. The van der Waals surface area contributed by atoms with Gasteiger partial charge in [0.1, 0.15) is 5.75 Å². The Morgan fingerprint density at radius 1 is 1.22 bits per heavy atom. The van der Waals surface area contributed by atoms with Crippen molar-refractivity contribution in [2.24, 2.45) is 0 Å². The van der Waals surface area contributed by atoms with Gasteiger partial charge in [-0.15, -0.1) is 0 Å². The van der Waals surface area contributed by atoms with Crippen LogP contribution in [0.4, 0.5) is 0 Å².